The average molecular weight is 419 g/mol. The summed E-state index contributed by atoms with van der Waals surface area (Å²) in [6.07, 6.45) is 0. The summed E-state index contributed by atoms with van der Waals surface area (Å²) in [7, 11) is 0. The molecule has 0 atom stereocenters. The molecule has 0 amide bonds. The molecule has 1 nitrogen and oxygen atoms in total. The Bertz CT molecular complexity index is 1220. The maximum absolute atomic E-state index is 13.3. The van der Waals surface area contributed by atoms with Crippen molar-refractivity contribution in [2.45, 2.75) is 18.3 Å². The smallest absolute Gasteiger partial charge is 0.219 e. The number of benzene rings is 4. The first kappa shape index (κ1) is 18.7. The van der Waals surface area contributed by atoms with Gasteiger partial charge in [-0.2, -0.15) is 0 Å². The highest BCUT2D eigenvalue weighted by Crippen LogP contribution is 2.59. The van der Waals surface area contributed by atoms with Crippen LogP contribution in [0.3, 0.4) is 0 Å². The van der Waals surface area contributed by atoms with E-state index in [2.05, 4.69) is 72.8 Å². The van der Waals surface area contributed by atoms with Crippen molar-refractivity contribution < 1.29 is 4.79 Å². The summed E-state index contributed by atoms with van der Waals surface area (Å²) < 4.78 is 0. The Morgan fingerprint density at radius 1 is 0.710 bits per heavy atom. The highest BCUT2D eigenvalue weighted by Gasteiger charge is 2.51. The van der Waals surface area contributed by atoms with Crippen LogP contribution in [-0.2, 0) is 5.41 Å². The maximum Gasteiger partial charge on any atom is 0.219 e. The molecule has 0 N–H and O–H groups in total. The molecule has 7 rings (SSSR count). The van der Waals surface area contributed by atoms with Crippen LogP contribution < -0.4 is 0 Å². The first-order valence-corrected chi connectivity index (χ1v) is 11.7. The molecule has 150 valence electrons. The Morgan fingerprint density at radius 2 is 1.16 bits per heavy atom. The Kier molecular flexibility index (Phi) is 4.19. The molecule has 0 aliphatic heterocycles. The van der Waals surface area contributed by atoms with Crippen LogP contribution in [0, 0.1) is 6.92 Å². The molecule has 0 fully saturated rings. The van der Waals surface area contributed by atoms with Gasteiger partial charge in [-0.05, 0) is 45.9 Å². The third-order valence-electron chi connectivity index (χ3n) is 6.98. The van der Waals surface area contributed by atoms with E-state index in [9.17, 15) is 4.79 Å². The fourth-order valence-corrected chi connectivity index (χ4v) is 6.84. The minimum Gasteiger partial charge on any atom is -0.282 e. The number of hydrogen-bond acceptors (Lipinski definition) is 2. The van der Waals surface area contributed by atoms with Gasteiger partial charge in [0.2, 0.25) is 5.12 Å². The van der Waals surface area contributed by atoms with Gasteiger partial charge in [-0.3, -0.25) is 4.79 Å². The molecule has 0 unspecified atom stereocenters. The van der Waals surface area contributed by atoms with Gasteiger partial charge in [-0.1, -0.05) is 109 Å². The van der Waals surface area contributed by atoms with E-state index in [1.807, 2.05) is 31.2 Å². The summed E-state index contributed by atoms with van der Waals surface area (Å²) in [6.45, 7) is 2.01. The lowest BCUT2D eigenvalue weighted by Crippen LogP contribution is -2.44. The van der Waals surface area contributed by atoms with E-state index < -0.39 is 0 Å². The lowest BCUT2D eigenvalue weighted by molar-refractivity contribution is 0.108. The fraction of sp³-hybridized carbons (Fsp3) is 0.138. The molecule has 3 aliphatic carbocycles. The molecule has 3 aliphatic rings. The lowest BCUT2D eigenvalue weighted by Gasteiger charge is -2.50. The number of carbonyl (C=O) groups is 1. The third-order valence-corrected chi connectivity index (χ3v) is 8.04. The van der Waals surface area contributed by atoms with E-state index in [-0.39, 0.29) is 16.4 Å². The molecule has 0 spiro atoms. The van der Waals surface area contributed by atoms with Crippen LogP contribution in [0.15, 0.2) is 97.1 Å². The highest BCUT2D eigenvalue weighted by molar-refractivity contribution is 8.14. The largest absolute Gasteiger partial charge is 0.282 e. The summed E-state index contributed by atoms with van der Waals surface area (Å²) in [5, 5.41) is 0.146. The molecular formula is C29H22OS. The van der Waals surface area contributed by atoms with Gasteiger partial charge in [0.25, 0.3) is 0 Å². The predicted molar refractivity (Wildman–Crippen MR) is 128 cm³/mol. The van der Waals surface area contributed by atoms with E-state index >= 15 is 0 Å². The van der Waals surface area contributed by atoms with E-state index in [4.69, 9.17) is 0 Å². The van der Waals surface area contributed by atoms with Crippen LogP contribution in [0.4, 0.5) is 0 Å². The molecule has 0 saturated heterocycles. The van der Waals surface area contributed by atoms with E-state index in [0.717, 1.165) is 11.1 Å². The molecular weight excluding hydrogens is 396 g/mol. The van der Waals surface area contributed by atoms with Crippen molar-refractivity contribution in [1.82, 2.24) is 0 Å². The second kappa shape index (κ2) is 6.96. The number of rotatable bonds is 3. The summed E-state index contributed by atoms with van der Waals surface area (Å²) in [4.78, 5) is 13.3. The van der Waals surface area contributed by atoms with Gasteiger partial charge >= 0.3 is 0 Å². The Morgan fingerprint density at radius 3 is 1.68 bits per heavy atom. The highest BCUT2D eigenvalue weighted by atomic mass is 32.2. The van der Waals surface area contributed by atoms with Crippen molar-refractivity contribution in [3.05, 3.63) is 142 Å². The minimum absolute atomic E-state index is 0.146. The molecule has 4 aromatic rings. The monoisotopic (exact) mass is 418 g/mol. The second-order valence-electron chi connectivity index (χ2n) is 8.49. The van der Waals surface area contributed by atoms with Crippen molar-refractivity contribution in [3.63, 3.8) is 0 Å². The lowest BCUT2D eigenvalue weighted by atomic mass is 9.54. The van der Waals surface area contributed by atoms with E-state index in [1.54, 1.807) is 0 Å². The molecule has 31 heavy (non-hydrogen) atoms. The summed E-state index contributed by atoms with van der Waals surface area (Å²) >= 11 is 1.45. The van der Waals surface area contributed by atoms with Crippen LogP contribution in [0.1, 0.15) is 55.2 Å². The van der Waals surface area contributed by atoms with Crippen molar-refractivity contribution in [2.75, 3.05) is 5.75 Å². The molecule has 0 saturated carbocycles. The van der Waals surface area contributed by atoms with Crippen molar-refractivity contribution >= 4 is 16.9 Å². The van der Waals surface area contributed by atoms with Gasteiger partial charge in [-0.15, -0.1) is 0 Å². The zero-order valence-electron chi connectivity index (χ0n) is 17.3. The standard InChI is InChI=1S/C29H22OS/c1-19-10-2-3-11-20(19)28(30)31-18-29-24-15-7-4-12-21(24)27(22-13-5-8-16-25(22)29)23-14-6-9-17-26(23)29/h2-17,27H,18H2,1H3. The number of thioether (sulfide) groups is 1. The molecule has 4 aromatic carbocycles. The molecule has 0 aromatic heterocycles. The van der Waals surface area contributed by atoms with Crippen molar-refractivity contribution in [1.29, 1.82) is 0 Å². The first-order valence-electron chi connectivity index (χ1n) is 10.7. The number of hydrogen-bond donors (Lipinski definition) is 0. The summed E-state index contributed by atoms with van der Waals surface area (Å²) in [5.41, 5.74) is 9.71. The Hall–Kier alpha value is -3.10. The summed E-state index contributed by atoms with van der Waals surface area (Å²) in [5.74, 6) is 0.959. The molecule has 0 heterocycles. The quantitative estimate of drug-likeness (QED) is 0.368. The van der Waals surface area contributed by atoms with Crippen LogP contribution in [0.5, 0.6) is 0 Å². The predicted octanol–water partition coefficient (Wildman–Crippen LogP) is 6.71. The maximum atomic E-state index is 13.3. The van der Waals surface area contributed by atoms with Crippen molar-refractivity contribution in [3.8, 4) is 0 Å². The Balaban J connectivity index is 1.55. The summed E-state index contributed by atoms with van der Waals surface area (Å²) in [6, 6.07) is 34.4. The topological polar surface area (TPSA) is 17.1 Å². The Labute approximate surface area is 187 Å². The number of carbonyl (C=O) groups excluding carboxylic acids is 1. The molecule has 2 bridgehead atoms. The molecule has 0 radical (unpaired) electrons. The normalized spacial score (nSPS) is 20.0. The zero-order valence-corrected chi connectivity index (χ0v) is 18.2. The van der Waals surface area contributed by atoms with Gasteiger partial charge < -0.3 is 0 Å². The SMILES string of the molecule is Cc1ccccc1C(=O)SCC12c3ccccc3C(c3ccccc31)c1ccccc12. The second-order valence-corrected chi connectivity index (χ2v) is 9.44. The van der Waals surface area contributed by atoms with Gasteiger partial charge in [-0.25, -0.2) is 0 Å². The minimum atomic E-state index is -0.318. The van der Waals surface area contributed by atoms with Crippen molar-refractivity contribution in [2.24, 2.45) is 0 Å². The van der Waals surface area contributed by atoms with Crippen LogP contribution in [0.2, 0.25) is 0 Å². The van der Waals surface area contributed by atoms with E-state index in [1.165, 1.54) is 45.1 Å². The van der Waals surface area contributed by atoms with Crippen LogP contribution in [-0.4, -0.2) is 10.9 Å². The van der Waals surface area contributed by atoms with Gasteiger partial charge in [0.15, 0.2) is 0 Å². The molecule has 2 heteroatoms. The van der Waals surface area contributed by atoms with Gasteiger partial charge in [0.05, 0.1) is 5.41 Å². The van der Waals surface area contributed by atoms with Crippen LogP contribution >= 0.6 is 11.8 Å². The number of aryl methyl sites for hydroxylation is 1. The van der Waals surface area contributed by atoms with E-state index in [0.29, 0.717) is 5.75 Å². The first-order chi connectivity index (χ1) is 15.2. The third kappa shape index (κ3) is 2.55. The fourth-order valence-electron chi connectivity index (χ4n) is 5.64. The van der Waals surface area contributed by atoms with Gasteiger partial charge in [0, 0.05) is 17.2 Å². The average Bonchev–Trinajstić information content (AvgIpc) is 2.83. The zero-order chi connectivity index (χ0) is 21.0. The van der Waals surface area contributed by atoms with Crippen LogP contribution in [0.25, 0.3) is 0 Å². The van der Waals surface area contributed by atoms with Gasteiger partial charge in [0.1, 0.15) is 0 Å².